The number of carbonyl (C=O) groups is 1. The van der Waals surface area contributed by atoms with Gasteiger partial charge in [0.1, 0.15) is 11.6 Å². The van der Waals surface area contributed by atoms with E-state index in [-0.39, 0.29) is 29.8 Å². The number of thiazole rings is 1. The average molecular weight is 340 g/mol. The van der Waals surface area contributed by atoms with E-state index in [4.69, 9.17) is 0 Å². The fourth-order valence-corrected chi connectivity index (χ4v) is 3.65. The van der Waals surface area contributed by atoms with Crippen molar-refractivity contribution >= 4 is 28.0 Å². The highest BCUT2D eigenvalue weighted by molar-refractivity contribution is 7.84. The van der Waals surface area contributed by atoms with Gasteiger partial charge in [-0.1, -0.05) is 25.1 Å². The maximum Gasteiger partial charge on any atom is 0.232 e. The first kappa shape index (κ1) is 16.8. The lowest BCUT2D eigenvalue weighted by molar-refractivity contribution is -0.118. The Hall–Kier alpha value is -1.60. The normalized spacial score (nSPS) is 12.1. The molecule has 0 radical (unpaired) electrons. The van der Waals surface area contributed by atoms with Crippen LogP contribution in [0.1, 0.15) is 23.2 Å². The molecule has 1 unspecified atom stereocenters. The van der Waals surface area contributed by atoms with Gasteiger partial charge in [0, 0.05) is 28.3 Å². The number of halogens is 1. The van der Waals surface area contributed by atoms with E-state index in [9.17, 15) is 13.4 Å². The quantitative estimate of drug-likeness (QED) is 0.842. The SMILES string of the molecule is CCc1nc(CS(=O)CC(=O)NCc2ccccc2F)cs1. The van der Waals surface area contributed by atoms with Crippen LogP contribution < -0.4 is 5.32 Å². The summed E-state index contributed by atoms with van der Waals surface area (Å²) in [6.45, 7) is 2.11. The molecule has 22 heavy (non-hydrogen) atoms. The summed E-state index contributed by atoms with van der Waals surface area (Å²) in [5.74, 6) is -0.553. The minimum absolute atomic E-state index is 0.0966. The molecule has 1 heterocycles. The number of carbonyl (C=O) groups excluding carboxylic acids is 1. The highest BCUT2D eigenvalue weighted by Gasteiger charge is 2.11. The van der Waals surface area contributed by atoms with Crippen LogP contribution >= 0.6 is 11.3 Å². The van der Waals surface area contributed by atoms with E-state index in [0.29, 0.717) is 5.56 Å². The van der Waals surface area contributed by atoms with E-state index in [1.54, 1.807) is 18.2 Å². The van der Waals surface area contributed by atoms with Crippen LogP contribution in [0.25, 0.3) is 0 Å². The van der Waals surface area contributed by atoms with Crippen LogP contribution in [-0.4, -0.2) is 20.9 Å². The number of amides is 1. The molecular formula is C15H17FN2O2S2. The van der Waals surface area contributed by atoms with Gasteiger partial charge in [-0.25, -0.2) is 9.37 Å². The third-order valence-corrected chi connectivity index (χ3v) is 5.18. The van der Waals surface area contributed by atoms with Crippen molar-refractivity contribution in [1.29, 1.82) is 0 Å². The van der Waals surface area contributed by atoms with Crippen LogP contribution in [0.3, 0.4) is 0 Å². The molecule has 0 fully saturated rings. The van der Waals surface area contributed by atoms with Crippen LogP contribution in [0.4, 0.5) is 4.39 Å². The largest absolute Gasteiger partial charge is 0.351 e. The Kier molecular flexibility index (Phi) is 6.21. The van der Waals surface area contributed by atoms with Crippen LogP contribution in [0.15, 0.2) is 29.6 Å². The minimum Gasteiger partial charge on any atom is -0.351 e. The summed E-state index contributed by atoms with van der Waals surface area (Å²) in [6, 6.07) is 6.24. The third-order valence-electron chi connectivity index (χ3n) is 2.94. The number of hydrogen-bond acceptors (Lipinski definition) is 4. The summed E-state index contributed by atoms with van der Waals surface area (Å²) < 4.78 is 25.3. The van der Waals surface area contributed by atoms with E-state index in [1.165, 1.54) is 17.4 Å². The van der Waals surface area contributed by atoms with Crippen molar-refractivity contribution in [3.05, 3.63) is 51.7 Å². The number of benzene rings is 1. The van der Waals surface area contributed by atoms with E-state index >= 15 is 0 Å². The summed E-state index contributed by atoms with van der Waals surface area (Å²) in [6.07, 6.45) is 0.848. The molecule has 2 rings (SSSR count). The van der Waals surface area contributed by atoms with Crippen molar-refractivity contribution in [2.75, 3.05) is 5.75 Å². The van der Waals surface area contributed by atoms with Crippen LogP contribution in [0, 0.1) is 5.82 Å². The molecule has 0 saturated carbocycles. The standard InChI is InChI=1S/C15H17FN2O2S2/c1-2-15-18-12(8-21-15)9-22(20)10-14(19)17-7-11-5-3-4-6-13(11)16/h3-6,8H,2,7,9-10H2,1H3,(H,17,19). The summed E-state index contributed by atoms with van der Waals surface area (Å²) >= 11 is 1.53. The van der Waals surface area contributed by atoms with Gasteiger partial charge in [0.25, 0.3) is 0 Å². The van der Waals surface area contributed by atoms with Crippen LogP contribution in [0.2, 0.25) is 0 Å². The first-order valence-corrected chi connectivity index (χ1v) is 9.23. The molecular weight excluding hydrogens is 323 g/mol. The molecule has 1 N–H and O–H groups in total. The molecule has 2 aromatic rings. The second kappa shape index (κ2) is 8.14. The van der Waals surface area contributed by atoms with Crippen molar-refractivity contribution < 1.29 is 13.4 Å². The Morgan fingerprint density at radius 1 is 1.41 bits per heavy atom. The van der Waals surface area contributed by atoms with Gasteiger partial charge >= 0.3 is 0 Å². The lowest BCUT2D eigenvalue weighted by Gasteiger charge is -2.06. The lowest BCUT2D eigenvalue weighted by atomic mass is 10.2. The number of rotatable bonds is 7. The Labute approximate surface area is 135 Å². The molecule has 0 aliphatic heterocycles. The number of aromatic nitrogens is 1. The number of nitrogens with zero attached hydrogens (tertiary/aromatic N) is 1. The predicted octanol–water partition coefficient (Wildman–Crippen LogP) is 2.41. The second-order valence-electron chi connectivity index (χ2n) is 4.68. The maximum atomic E-state index is 13.4. The molecule has 1 aromatic heterocycles. The molecule has 7 heteroatoms. The first-order valence-electron chi connectivity index (χ1n) is 6.87. The van der Waals surface area contributed by atoms with Crippen molar-refractivity contribution in [3.8, 4) is 0 Å². The van der Waals surface area contributed by atoms with Gasteiger partial charge in [0.05, 0.1) is 16.5 Å². The fraction of sp³-hybridized carbons (Fsp3) is 0.333. The summed E-state index contributed by atoms with van der Waals surface area (Å²) in [4.78, 5) is 16.1. The zero-order valence-electron chi connectivity index (χ0n) is 12.2. The number of nitrogens with one attached hydrogen (secondary N) is 1. The minimum atomic E-state index is -1.31. The molecule has 0 aliphatic carbocycles. The Balaban J connectivity index is 1.79. The molecule has 1 atom stereocenters. The van der Waals surface area contributed by atoms with Gasteiger partial charge in [-0.05, 0) is 12.5 Å². The van der Waals surface area contributed by atoms with Gasteiger partial charge in [-0.3, -0.25) is 9.00 Å². The van der Waals surface area contributed by atoms with E-state index in [1.807, 2.05) is 12.3 Å². The zero-order chi connectivity index (χ0) is 15.9. The Morgan fingerprint density at radius 3 is 2.86 bits per heavy atom. The van der Waals surface area contributed by atoms with Gasteiger partial charge in [0.15, 0.2) is 0 Å². The summed E-state index contributed by atoms with van der Waals surface area (Å²) in [5, 5.41) is 5.45. The van der Waals surface area contributed by atoms with E-state index in [2.05, 4.69) is 10.3 Å². The molecule has 4 nitrogen and oxygen atoms in total. The topological polar surface area (TPSA) is 59.1 Å². The van der Waals surface area contributed by atoms with Gasteiger partial charge in [-0.15, -0.1) is 11.3 Å². The molecule has 1 amide bonds. The predicted molar refractivity (Wildman–Crippen MR) is 86.5 cm³/mol. The number of hydrogen-bond donors (Lipinski definition) is 1. The highest BCUT2D eigenvalue weighted by Crippen LogP contribution is 2.12. The maximum absolute atomic E-state index is 13.4. The monoisotopic (exact) mass is 340 g/mol. The van der Waals surface area contributed by atoms with Crippen LogP contribution in [0.5, 0.6) is 0 Å². The summed E-state index contributed by atoms with van der Waals surface area (Å²) in [7, 11) is -1.31. The summed E-state index contributed by atoms with van der Waals surface area (Å²) in [5.41, 5.74) is 1.16. The Bertz CT molecular complexity index is 673. The Morgan fingerprint density at radius 2 is 2.18 bits per heavy atom. The van der Waals surface area contributed by atoms with Crippen molar-refractivity contribution in [1.82, 2.24) is 10.3 Å². The average Bonchev–Trinajstić information content (AvgIpc) is 2.93. The van der Waals surface area contributed by atoms with Gasteiger partial charge in [-0.2, -0.15) is 0 Å². The molecule has 118 valence electrons. The molecule has 1 aromatic carbocycles. The lowest BCUT2D eigenvalue weighted by Crippen LogP contribution is -2.28. The highest BCUT2D eigenvalue weighted by atomic mass is 32.2. The smallest absolute Gasteiger partial charge is 0.232 e. The molecule has 0 bridgehead atoms. The molecule has 0 aliphatic rings. The van der Waals surface area contributed by atoms with Gasteiger partial charge in [0.2, 0.25) is 5.91 Å². The van der Waals surface area contributed by atoms with Gasteiger partial charge < -0.3 is 5.32 Å². The van der Waals surface area contributed by atoms with E-state index in [0.717, 1.165) is 17.1 Å². The molecule has 0 saturated heterocycles. The zero-order valence-corrected chi connectivity index (χ0v) is 13.8. The number of aryl methyl sites for hydroxylation is 1. The first-order chi connectivity index (χ1) is 10.6. The second-order valence-corrected chi connectivity index (χ2v) is 7.08. The van der Waals surface area contributed by atoms with Crippen LogP contribution in [-0.2, 0) is 34.3 Å². The fourth-order valence-electron chi connectivity index (χ4n) is 1.83. The molecule has 0 spiro atoms. The van der Waals surface area contributed by atoms with E-state index < -0.39 is 10.8 Å². The van der Waals surface area contributed by atoms with Crippen molar-refractivity contribution in [2.45, 2.75) is 25.6 Å². The van der Waals surface area contributed by atoms with Crippen molar-refractivity contribution in [3.63, 3.8) is 0 Å². The third kappa shape index (κ3) is 4.99. The van der Waals surface area contributed by atoms with Crippen molar-refractivity contribution in [2.24, 2.45) is 0 Å².